The van der Waals surface area contributed by atoms with Crippen molar-refractivity contribution in [2.45, 2.75) is 0 Å². The molecule has 0 amide bonds. The van der Waals surface area contributed by atoms with E-state index in [1.807, 2.05) is 0 Å². The van der Waals surface area contributed by atoms with Gasteiger partial charge in [0.15, 0.2) is 0 Å². The fraction of sp³-hybridized carbons (Fsp3) is 0. The standard InChI is InChI=1S/OS4/c1-5(3)4-2. The zero-order valence-electron chi connectivity index (χ0n) is 2.04. The van der Waals surface area contributed by atoms with Crippen LogP contribution in [0.5, 0.6) is 0 Å². The van der Waals surface area contributed by atoms with Crippen molar-refractivity contribution in [3.63, 3.8) is 0 Å². The molecular formula is OS4. The molecule has 0 spiro atoms. The van der Waals surface area contributed by atoms with Crippen molar-refractivity contribution in [1.29, 1.82) is 0 Å². The lowest BCUT2D eigenvalue weighted by molar-refractivity contribution is 0.701. The Morgan fingerprint density at radius 1 is 1.80 bits per heavy atom. The highest BCUT2D eigenvalue weighted by Gasteiger charge is 1.36. The van der Waals surface area contributed by atoms with Gasteiger partial charge in [0.2, 0.25) is 0 Å². The normalized spacial score (nSPS) is 6.40. The van der Waals surface area contributed by atoms with Crippen LogP contribution in [0.4, 0.5) is 0 Å². The molecule has 5 heteroatoms. The molecule has 0 aromatic heterocycles. The van der Waals surface area contributed by atoms with E-state index in [0.29, 0.717) is 0 Å². The summed E-state index contributed by atoms with van der Waals surface area (Å²) in [5.74, 6) is 0. The van der Waals surface area contributed by atoms with Gasteiger partial charge in [-0.1, -0.05) is 0 Å². The molecule has 0 aliphatic rings. The van der Waals surface area contributed by atoms with Gasteiger partial charge >= 0.3 is 0 Å². The zero-order chi connectivity index (χ0) is 4.28. The maximum Gasteiger partial charge on any atom is 0.142 e. The molecule has 0 aliphatic heterocycles. The largest absolute Gasteiger partial charge is 0.202 e. The van der Waals surface area contributed by atoms with Crippen LogP contribution in [-0.2, 0) is 39.2 Å². The fourth-order valence-electron chi connectivity index (χ4n) is 0. The van der Waals surface area contributed by atoms with E-state index in [4.69, 9.17) is 0 Å². The Balaban J connectivity index is 5.08. The molecule has 0 unspecified atom stereocenters. The third-order valence-electron chi connectivity index (χ3n) is 0.0556. The van der Waals surface area contributed by atoms with Crippen LogP contribution >= 0.6 is 0 Å². The second kappa shape index (κ2) is 2.89. The quantitative estimate of drug-likeness (QED) is 0.463. The topological polar surface area (TPSA) is 17.1 Å². The lowest BCUT2D eigenvalue weighted by atomic mass is 16.0. The van der Waals surface area contributed by atoms with Gasteiger partial charge in [-0.05, 0) is 0 Å². The summed E-state index contributed by atoms with van der Waals surface area (Å²) < 4.78 is 9.60. The third-order valence-corrected chi connectivity index (χ3v) is 3.00. The van der Waals surface area contributed by atoms with Gasteiger partial charge in [0.25, 0.3) is 0 Å². The van der Waals surface area contributed by atoms with Gasteiger partial charge in [-0.2, -0.15) is 0 Å². The smallest absolute Gasteiger partial charge is 0.142 e. The van der Waals surface area contributed by atoms with Crippen molar-refractivity contribution in [1.82, 2.24) is 0 Å². The Kier molecular flexibility index (Phi) is 3.29. The molecule has 0 bridgehead atoms. The summed E-state index contributed by atoms with van der Waals surface area (Å²) in [6.45, 7) is 0. The highest BCUT2D eigenvalue weighted by molar-refractivity contribution is 8.53. The molecule has 0 heterocycles. The van der Waals surface area contributed by atoms with Crippen LogP contribution in [0.2, 0.25) is 0 Å². The van der Waals surface area contributed by atoms with E-state index in [1.54, 1.807) is 0 Å². The minimum absolute atomic E-state index is 0.750. The Hall–Kier alpha value is 0.680. The molecule has 0 aromatic rings. The van der Waals surface area contributed by atoms with Crippen LogP contribution in [0.1, 0.15) is 0 Å². The predicted octanol–water partition coefficient (Wildman–Crippen LogP) is -0.344. The number of hydrogen-bond acceptors (Lipinski definition) is 3. The number of hydrogen-bond donors (Lipinski definition) is 0. The molecule has 0 aromatic carbocycles. The van der Waals surface area contributed by atoms with Crippen LogP contribution in [0, 0.1) is 0 Å². The van der Waals surface area contributed by atoms with Gasteiger partial charge in [0, 0.05) is 31.3 Å². The molecule has 0 N–H and O–H groups in total. The first-order chi connectivity index (χ1) is 2.27. The maximum absolute atomic E-state index is 9.60. The first-order valence-electron chi connectivity index (χ1n) is 0.667. The van der Waals surface area contributed by atoms with Gasteiger partial charge in [0.05, 0.1) is 0 Å². The van der Waals surface area contributed by atoms with Crippen molar-refractivity contribution in [2.24, 2.45) is 0 Å². The molecule has 0 saturated carbocycles. The average molecular weight is 144 g/mol. The van der Waals surface area contributed by atoms with Crippen LogP contribution in [0.25, 0.3) is 0 Å². The SMILES string of the molecule is O=S(=S)=S=S. The zero-order valence-corrected chi connectivity index (χ0v) is 5.31. The van der Waals surface area contributed by atoms with Gasteiger partial charge < -0.3 is 0 Å². The second-order valence-electron chi connectivity index (χ2n) is 0.272. The summed E-state index contributed by atoms with van der Waals surface area (Å²) in [6, 6.07) is 0. The Bertz CT molecular complexity index is 134. The van der Waals surface area contributed by atoms with Gasteiger partial charge in [-0.15, -0.1) is 0 Å². The Morgan fingerprint density at radius 2 is 2.00 bits per heavy atom. The number of rotatable bonds is 0. The summed E-state index contributed by atoms with van der Waals surface area (Å²) >= 11 is 8.30. The van der Waals surface area contributed by atoms with Crippen molar-refractivity contribution < 1.29 is 4.21 Å². The lowest BCUT2D eigenvalue weighted by Gasteiger charge is -1.27. The Morgan fingerprint density at radius 3 is 2.00 bits per heavy atom. The van der Waals surface area contributed by atoms with Crippen molar-refractivity contribution in [3.8, 4) is 0 Å². The minimum Gasteiger partial charge on any atom is -0.202 e. The Labute approximate surface area is 43.5 Å². The third kappa shape index (κ3) is 4.68. The highest BCUT2D eigenvalue weighted by atomic mass is 33.2. The summed E-state index contributed by atoms with van der Waals surface area (Å²) in [4.78, 5) is 0. The summed E-state index contributed by atoms with van der Waals surface area (Å²) in [5, 5.41) is 0. The van der Waals surface area contributed by atoms with E-state index in [0.717, 1.165) is 8.88 Å². The summed E-state index contributed by atoms with van der Waals surface area (Å²) in [6.07, 6.45) is 0. The molecule has 5 heavy (non-hydrogen) atoms. The molecule has 0 rings (SSSR count). The summed E-state index contributed by atoms with van der Waals surface area (Å²) in [7, 11) is -0.508. The first-order valence-corrected chi connectivity index (χ1v) is 5.00. The average Bonchev–Trinajstić information content (AvgIpc) is 1.38. The van der Waals surface area contributed by atoms with E-state index in [2.05, 4.69) is 22.4 Å². The predicted molar refractivity (Wildman–Crippen MR) is 30.2 cm³/mol. The van der Waals surface area contributed by atoms with E-state index in [9.17, 15) is 4.21 Å². The van der Waals surface area contributed by atoms with E-state index in [1.165, 1.54) is 0 Å². The fourth-order valence-corrected chi connectivity index (χ4v) is 0. The summed E-state index contributed by atoms with van der Waals surface area (Å²) in [5.41, 5.74) is 0. The van der Waals surface area contributed by atoms with E-state index >= 15 is 0 Å². The minimum atomic E-state index is -1.26. The van der Waals surface area contributed by atoms with Gasteiger partial charge in [-0.3, -0.25) is 0 Å². The van der Waals surface area contributed by atoms with Gasteiger partial charge in [-0.25, -0.2) is 4.21 Å². The van der Waals surface area contributed by atoms with Crippen LogP contribution in [0.15, 0.2) is 0 Å². The van der Waals surface area contributed by atoms with Crippen molar-refractivity contribution in [2.75, 3.05) is 0 Å². The monoisotopic (exact) mass is 144 g/mol. The molecule has 0 radical (unpaired) electrons. The molecule has 0 saturated heterocycles. The maximum atomic E-state index is 9.60. The lowest BCUT2D eigenvalue weighted by Crippen LogP contribution is -1.36. The molecule has 0 atom stereocenters. The van der Waals surface area contributed by atoms with Crippen molar-refractivity contribution >= 4 is 39.2 Å². The molecule has 1 nitrogen and oxygen atoms in total. The molecule has 0 aliphatic carbocycles. The van der Waals surface area contributed by atoms with E-state index in [-0.39, 0.29) is 0 Å². The van der Waals surface area contributed by atoms with Gasteiger partial charge in [0.1, 0.15) is 7.92 Å². The van der Waals surface area contributed by atoms with E-state index < -0.39 is 7.92 Å². The highest BCUT2D eigenvalue weighted by Crippen LogP contribution is 1.27. The van der Waals surface area contributed by atoms with Crippen LogP contribution < -0.4 is 0 Å². The van der Waals surface area contributed by atoms with Crippen LogP contribution in [-0.4, -0.2) is 4.21 Å². The first kappa shape index (κ1) is 5.68. The molecular weight excluding hydrogens is 144 g/mol. The van der Waals surface area contributed by atoms with Crippen molar-refractivity contribution in [3.05, 3.63) is 0 Å². The van der Waals surface area contributed by atoms with Crippen LogP contribution in [0.3, 0.4) is 0 Å². The second-order valence-corrected chi connectivity index (χ2v) is 4.90. The molecule has 30 valence electrons. The molecule has 0 fully saturated rings.